The molecule has 0 atom stereocenters. The number of aliphatic imine (C=N–C) groups is 1. The van der Waals surface area contributed by atoms with Crippen LogP contribution >= 0.6 is 0 Å². The highest BCUT2D eigenvalue weighted by Gasteiger charge is 2.30. The lowest BCUT2D eigenvalue weighted by Crippen LogP contribution is -2.23. The minimum absolute atomic E-state index is 0.348. The summed E-state index contributed by atoms with van der Waals surface area (Å²) in [6.45, 7) is 1.03. The molecule has 4 N–H and O–H groups in total. The highest BCUT2D eigenvalue weighted by Crippen LogP contribution is 2.28. The highest BCUT2D eigenvalue weighted by atomic mass is 19.4. The molecule has 0 amide bonds. The quantitative estimate of drug-likeness (QED) is 0.406. The predicted molar refractivity (Wildman–Crippen MR) is 101 cm³/mol. The number of aromatic nitrogens is 1. The molecule has 0 unspecified atom stereocenters. The Morgan fingerprint density at radius 1 is 1.15 bits per heavy atom. The summed E-state index contributed by atoms with van der Waals surface area (Å²) in [7, 11) is 0. The van der Waals surface area contributed by atoms with Gasteiger partial charge in [0.1, 0.15) is 5.82 Å². The van der Waals surface area contributed by atoms with Crippen molar-refractivity contribution in [2.75, 3.05) is 23.7 Å². The number of nitrogens with zero attached hydrogens (tertiary/aromatic N) is 2. The molecule has 3 rings (SSSR count). The Balaban J connectivity index is 1.40. The van der Waals surface area contributed by atoms with Gasteiger partial charge in [-0.1, -0.05) is 6.07 Å². The zero-order chi connectivity index (χ0) is 19.3. The zero-order valence-corrected chi connectivity index (χ0v) is 14.8. The summed E-state index contributed by atoms with van der Waals surface area (Å²) in [6, 6.07) is 8.56. The summed E-state index contributed by atoms with van der Waals surface area (Å²) in [6.07, 6.45) is 0.562. The monoisotopic (exact) mass is 377 g/mol. The van der Waals surface area contributed by atoms with Crippen molar-refractivity contribution < 1.29 is 13.2 Å². The molecule has 1 aliphatic carbocycles. The van der Waals surface area contributed by atoms with Crippen LogP contribution in [0.1, 0.15) is 29.5 Å². The molecule has 144 valence electrons. The summed E-state index contributed by atoms with van der Waals surface area (Å²) in [5.74, 6) is 0.747. The van der Waals surface area contributed by atoms with Gasteiger partial charge in [-0.05, 0) is 61.1 Å². The second-order valence-electron chi connectivity index (χ2n) is 6.44. The van der Waals surface area contributed by atoms with Crippen LogP contribution in [-0.2, 0) is 19.0 Å². The molecule has 27 heavy (non-hydrogen) atoms. The van der Waals surface area contributed by atoms with Crippen molar-refractivity contribution in [2.45, 2.75) is 31.9 Å². The Morgan fingerprint density at radius 2 is 1.96 bits per heavy atom. The topological polar surface area (TPSA) is 75.3 Å². The summed E-state index contributed by atoms with van der Waals surface area (Å²) in [5, 5.41) is 6.06. The maximum absolute atomic E-state index is 12.5. The molecule has 2 aromatic rings. The van der Waals surface area contributed by atoms with Crippen molar-refractivity contribution in [3.8, 4) is 0 Å². The Labute approximate surface area is 155 Å². The number of nitrogens with two attached hydrogens (primary N) is 1. The smallest absolute Gasteiger partial charge is 0.370 e. The molecule has 0 bridgehead atoms. The van der Waals surface area contributed by atoms with Crippen molar-refractivity contribution in [1.82, 2.24) is 4.98 Å². The van der Waals surface area contributed by atoms with Gasteiger partial charge in [-0.15, -0.1) is 0 Å². The van der Waals surface area contributed by atoms with Crippen molar-refractivity contribution in [3.05, 3.63) is 53.2 Å². The van der Waals surface area contributed by atoms with E-state index in [0.717, 1.165) is 30.8 Å². The second kappa shape index (κ2) is 8.28. The number of fused-ring (bicyclic) bond motifs is 1. The van der Waals surface area contributed by atoms with Crippen molar-refractivity contribution >= 4 is 17.5 Å². The first-order valence-corrected chi connectivity index (χ1v) is 8.88. The minimum atomic E-state index is -4.37. The lowest BCUT2D eigenvalue weighted by molar-refractivity contribution is -0.137. The van der Waals surface area contributed by atoms with Gasteiger partial charge in [0, 0.05) is 25.0 Å². The van der Waals surface area contributed by atoms with Gasteiger partial charge in [0.05, 0.1) is 5.56 Å². The summed E-state index contributed by atoms with van der Waals surface area (Å²) in [4.78, 5) is 8.02. The fraction of sp³-hybridized carbons (Fsp3) is 0.368. The molecule has 1 heterocycles. The van der Waals surface area contributed by atoms with Gasteiger partial charge in [0.15, 0.2) is 5.96 Å². The summed E-state index contributed by atoms with van der Waals surface area (Å²) in [5.41, 5.74) is 8.84. The highest BCUT2D eigenvalue weighted by molar-refractivity contribution is 5.92. The van der Waals surface area contributed by atoms with E-state index in [1.165, 1.54) is 23.6 Å². The molecule has 0 spiro atoms. The van der Waals surface area contributed by atoms with Crippen LogP contribution in [0.3, 0.4) is 0 Å². The Bertz CT molecular complexity index is 800. The number of rotatable bonds is 6. The Morgan fingerprint density at radius 3 is 2.70 bits per heavy atom. The molecule has 1 aromatic carbocycles. The van der Waals surface area contributed by atoms with Gasteiger partial charge >= 0.3 is 6.18 Å². The molecule has 8 heteroatoms. The van der Waals surface area contributed by atoms with Gasteiger partial charge in [-0.2, -0.15) is 13.2 Å². The molecular formula is C19H22F3N5. The van der Waals surface area contributed by atoms with E-state index in [-0.39, 0.29) is 0 Å². The third-order valence-electron chi connectivity index (χ3n) is 4.38. The molecule has 0 aliphatic heterocycles. The average molecular weight is 377 g/mol. The van der Waals surface area contributed by atoms with Gasteiger partial charge in [-0.25, -0.2) is 4.98 Å². The Hall–Kier alpha value is -2.77. The zero-order valence-electron chi connectivity index (χ0n) is 14.8. The predicted octanol–water partition coefficient (Wildman–Crippen LogP) is 3.82. The van der Waals surface area contributed by atoms with E-state index in [0.29, 0.717) is 31.3 Å². The van der Waals surface area contributed by atoms with Crippen molar-refractivity contribution in [2.24, 2.45) is 10.7 Å². The Kier molecular flexibility index (Phi) is 5.83. The molecule has 1 aliphatic rings. The van der Waals surface area contributed by atoms with Crippen LogP contribution in [0, 0.1) is 0 Å². The lowest BCUT2D eigenvalue weighted by atomic mass is 10.1. The number of halogens is 3. The number of aryl methyl sites for hydroxylation is 2. The molecule has 0 saturated carbocycles. The average Bonchev–Trinajstić information content (AvgIpc) is 3.09. The number of anilines is 2. The fourth-order valence-corrected chi connectivity index (χ4v) is 3.00. The fourth-order valence-electron chi connectivity index (χ4n) is 3.00. The van der Waals surface area contributed by atoms with Crippen LogP contribution in [0.5, 0.6) is 0 Å². The standard InChI is InChI=1S/C19H22F3N5/c20-19(21,22)15-6-8-17(26-12-15)24-9-2-10-25-18(23)27-16-7-5-13-3-1-4-14(13)11-16/h5-8,11-12H,1-4,9-10H2,(H,24,26)(H3,23,25,27). The molecule has 1 aromatic heterocycles. The van der Waals surface area contributed by atoms with Crippen molar-refractivity contribution in [3.63, 3.8) is 0 Å². The molecular weight excluding hydrogens is 355 g/mol. The number of alkyl halides is 3. The van der Waals surface area contributed by atoms with Gasteiger partial charge in [0.25, 0.3) is 0 Å². The van der Waals surface area contributed by atoms with Gasteiger partial charge in [0.2, 0.25) is 0 Å². The summed E-state index contributed by atoms with van der Waals surface area (Å²) < 4.78 is 37.4. The maximum atomic E-state index is 12.5. The lowest BCUT2D eigenvalue weighted by Gasteiger charge is -2.09. The van der Waals surface area contributed by atoms with E-state index in [9.17, 15) is 13.2 Å². The van der Waals surface area contributed by atoms with Crippen LogP contribution in [0.15, 0.2) is 41.5 Å². The van der Waals surface area contributed by atoms with E-state index in [1.807, 2.05) is 6.07 Å². The normalized spacial score (nSPS) is 14.1. The van der Waals surface area contributed by atoms with Crippen LogP contribution in [0.2, 0.25) is 0 Å². The van der Waals surface area contributed by atoms with Crippen LogP contribution < -0.4 is 16.4 Å². The molecule has 5 nitrogen and oxygen atoms in total. The van der Waals surface area contributed by atoms with E-state index >= 15 is 0 Å². The van der Waals surface area contributed by atoms with E-state index < -0.39 is 11.7 Å². The first-order valence-electron chi connectivity index (χ1n) is 8.88. The third kappa shape index (κ3) is 5.35. The molecule has 0 fully saturated rings. The van der Waals surface area contributed by atoms with E-state index in [2.05, 4.69) is 32.7 Å². The second-order valence-corrected chi connectivity index (χ2v) is 6.44. The van der Waals surface area contributed by atoms with Gasteiger partial charge < -0.3 is 16.4 Å². The summed E-state index contributed by atoms with van der Waals surface area (Å²) >= 11 is 0. The number of pyridine rings is 1. The number of hydrogen-bond donors (Lipinski definition) is 3. The van der Waals surface area contributed by atoms with Crippen LogP contribution in [0.4, 0.5) is 24.7 Å². The first kappa shape index (κ1) is 19.0. The van der Waals surface area contributed by atoms with Crippen molar-refractivity contribution in [1.29, 1.82) is 0 Å². The number of hydrogen-bond acceptors (Lipinski definition) is 3. The maximum Gasteiger partial charge on any atom is 0.417 e. The number of nitrogens with one attached hydrogen (secondary N) is 2. The number of benzene rings is 1. The molecule has 0 saturated heterocycles. The van der Waals surface area contributed by atoms with Crippen LogP contribution in [0.25, 0.3) is 0 Å². The largest absolute Gasteiger partial charge is 0.417 e. The molecule has 0 radical (unpaired) electrons. The first-order chi connectivity index (χ1) is 12.9. The van der Waals surface area contributed by atoms with Crippen LogP contribution in [-0.4, -0.2) is 24.0 Å². The third-order valence-corrected chi connectivity index (χ3v) is 4.38. The SMILES string of the molecule is NC(=NCCCNc1ccc(C(F)(F)F)cn1)Nc1ccc2c(c1)CCC2. The number of guanidine groups is 1. The minimum Gasteiger partial charge on any atom is -0.370 e. The van der Waals surface area contributed by atoms with E-state index in [4.69, 9.17) is 5.73 Å². The van der Waals surface area contributed by atoms with E-state index in [1.54, 1.807) is 0 Å². The van der Waals surface area contributed by atoms with Gasteiger partial charge in [-0.3, -0.25) is 4.99 Å².